The predicted octanol–water partition coefficient (Wildman–Crippen LogP) is -1.47. The molecule has 7 rings (SSSR count). The van der Waals surface area contributed by atoms with Gasteiger partial charge in [0.25, 0.3) is 5.56 Å². The minimum absolute atomic E-state index is 0.0589. The largest absolute Gasteiger partial charge is 0.572 e. The number of hydrogen-bond acceptors (Lipinski definition) is 19. The molecule has 4 aromatic heterocycles. The number of nitrogens with two attached hydrogens (primary N) is 2. The molecule has 25 heteroatoms. The van der Waals surface area contributed by atoms with Crippen LogP contribution < -0.4 is 17.0 Å². The standard InChI is InChI=1S/C24H28N10O13P2/c1-3-4-41-17-15-11(45-23(17)33-8-29-12-18(25)27-7-28-19(12)33)6-43-49(39,40-2)47-16-14(35)10(5-42-48(37,38)46-15)44-22(16)34-9-30-13-20(34)31-24(26)32-21(13)36/h1,7-11,14-17,22-23,35,39H,4-6H2,2H3,(H5-,25,26,27,28,31,32,36,37,38)/p+1. The number of aromatic amines is 1. The van der Waals surface area contributed by atoms with Crippen molar-refractivity contribution in [1.29, 1.82) is 0 Å². The summed E-state index contributed by atoms with van der Waals surface area (Å²) >= 11 is 0. The molecule has 0 aliphatic carbocycles. The van der Waals surface area contributed by atoms with E-state index >= 15 is 0 Å². The van der Waals surface area contributed by atoms with Gasteiger partial charge in [-0.05, 0) is 0 Å². The molecule has 262 valence electrons. The number of terminal acetylenes is 1. The van der Waals surface area contributed by atoms with Crippen molar-refractivity contribution in [2.45, 2.75) is 49.1 Å². The van der Waals surface area contributed by atoms with Gasteiger partial charge in [0.1, 0.15) is 55.6 Å². The van der Waals surface area contributed by atoms with Crippen LogP contribution in [0.1, 0.15) is 12.5 Å². The summed E-state index contributed by atoms with van der Waals surface area (Å²) in [5.74, 6) is 2.16. The molecule has 49 heavy (non-hydrogen) atoms. The van der Waals surface area contributed by atoms with Gasteiger partial charge >= 0.3 is 16.0 Å². The lowest BCUT2D eigenvalue weighted by Gasteiger charge is -2.26. The summed E-state index contributed by atoms with van der Waals surface area (Å²) in [6.45, 7) is -1.62. The normalized spacial score (nSPS) is 35.4. The number of fused-ring (bicyclic) bond motifs is 5. The second-order valence-corrected chi connectivity index (χ2v) is 14.0. The van der Waals surface area contributed by atoms with Gasteiger partial charge in [-0.3, -0.25) is 28.0 Å². The highest BCUT2D eigenvalue weighted by Crippen LogP contribution is 2.61. The highest BCUT2D eigenvalue weighted by Gasteiger charge is 2.59. The third-order valence-electron chi connectivity index (χ3n) is 7.89. The summed E-state index contributed by atoms with van der Waals surface area (Å²) in [6.07, 6.45) is -1.87. The number of hydrogen-bond donors (Lipinski definition) is 6. The van der Waals surface area contributed by atoms with Crippen LogP contribution in [0.4, 0.5) is 11.8 Å². The summed E-state index contributed by atoms with van der Waals surface area (Å²) in [5, 5.41) is 11.3. The van der Waals surface area contributed by atoms with E-state index in [1.165, 1.54) is 28.1 Å². The maximum absolute atomic E-state index is 13.4. The Balaban J connectivity index is 1.24. The fourth-order valence-electron chi connectivity index (χ4n) is 5.69. The fraction of sp³-hybridized carbons (Fsp3) is 0.500. The number of phosphoric acid groups is 1. The number of nitrogens with one attached hydrogen (secondary N) is 1. The van der Waals surface area contributed by atoms with E-state index in [4.69, 9.17) is 54.7 Å². The number of anilines is 2. The summed E-state index contributed by atoms with van der Waals surface area (Å²) in [7, 11) is -8.32. The lowest BCUT2D eigenvalue weighted by atomic mass is 10.1. The maximum Gasteiger partial charge on any atom is 0.572 e. The van der Waals surface area contributed by atoms with E-state index in [9.17, 15) is 24.3 Å². The summed E-state index contributed by atoms with van der Waals surface area (Å²) in [4.78, 5) is 57.6. The molecule has 8 N–H and O–H groups in total. The Kier molecular flexibility index (Phi) is 8.87. The molecule has 0 saturated carbocycles. The fourth-order valence-corrected chi connectivity index (χ4v) is 7.78. The topological polar surface area (TPSA) is 311 Å². The van der Waals surface area contributed by atoms with Gasteiger partial charge in [0.2, 0.25) is 5.95 Å². The van der Waals surface area contributed by atoms with Crippen LogP contribution in [0.3, 0.4) is 0 Å². The number of aromatic nitrogens is 8. The molecular formula is C24H29N10O13P2+. The number of aliphatic hydroxyl groups is 1. The number of nitrogens with zero attached hydrogens (tertiary/aromatic N) is 7. The van der Waals surface area contributed by atoms with Gasteiger partial charge in [0.05, 0.1) is 26.4 Å². The van der Waals surface area contributed by atoms with Crippen molar-refractivity contribution < 1.29 is 56.3 Å². The second-order valence-electron chi connectivity index (χ2n) is 10.8. The van der Waals surface area contributed by atoms with E-state index in [1.54, 1.807) is 0 Å². The Morgan fingerprint density at radius 1 is 1.10 bits per heavy atom. The first-order chi connectivity index (χ1) is 23.4. The Labute approximate surface area is 274 Å². The van der Waals surface area contributed by atoms with Gasteiger partial charge in [-0.15, -0.1) is 10.9 Å². The second kappa shape index (κ2) is 12.9. The number of rotatable bonds is 5. The molecule has 7 heterocycles. The van der Waals surface area contributed by atoms with Crippen molar-refractivity contribution in [3.8, 4) is 12.3 Å². The van der Waals surface area contributed by atoms with E-state index in [1.807, 2.05) is 0 Å². The van der Waals surface area contributed by atoms with Gasteiger partial charge in [-0.25, -0.2) is 24.5 Å². The van der Waals surface area contributed by atoms with Crippen LogP contribution in [0.5, 0.6) is 0 Å². The molecule has 0 aromatic carbocycles. The minimum atomic E-state index is -5.03. The van der Waals surface area contributed by atoms with Crippen LogP contribution in [0.25, 0.3) is 22.3 Å². The van der Waals surface area contributed by atoms with Gasteiger partial charge in [0.15, 0.2) is 41.2 Å². The van der Waals surface area contributed by atoms with Crippen LogP contribution in [-0.4, -0.2) is 117 Å². The van der Waals surface area contributed by atoms with Crippen molar-refractivity contribution in [3.63, 3.8) is 0 Å². The van der Waals surface area contributed by atoms with Crippen molar-refractivity contribution in [2.24, 2.45) is 0 Å². The zero-order valence-corrected chi connectivity index (χ0v) is 26.9. The van der Waals surface area contributed by atoms with Crippen molar-refractivity contribution in [2.75, 3.05) is 38.4 Å². The van der Waals surface area contributed by atoms with Crippen molar-refractivity contribution in [1.82, 2.24) is 39.0 Å². The minimum Gasteiger partial charge on any atom is -0.387 e. The summed E-state index contributed by atoms with van der Waals surface area (Å²) in [6, 6.07) is 0. The average molecular weight is 728 g/mol. The molecule has 3 fully saturated rings. The molecule has 0 spiro atoms. The van der Waals surface area contributed by atoms with Gasteiger partial charge in [0, 0.05) is 0 Å². The predicted molar refractivity (Wildman–Crippen MR) is 162 cm³/mol. The molecule has 4 aromatic rings. The lowest BCUT2D eigenvalue weighted by Crippen LogP contribution is -2.38. The Hall–Kier alpha value is -3.72. The molecule has 23 nitrogen and oxygen atoms in total. The molecule has 3 saturated heterocycles. The van der Waals surface area contributed by atoms with Crippen LogP contribution in [0.2, 0.25) is 0 Å². The van der Waals surface area contributed by atoms with Crippen LogP contribution in [-0.2, 0) is 41.4 Å². The maximum atomic E-state index is 13.4. The number of H-pyrrole nitrogens is 1. The van der Waals surface area contributed by atoms with Crippen LogP contribution in [0.15, 0.2) is 23.8 Å². The third kappa shape index (κ3) is 6.17. The molecule has 3 aliphatic rings. The quantitative estimate of drug-likeness (QED) is 0.101. The molecule has 3 aliphatic heterocycles. The molecule has 10 unspecified atom stereocenters. The van der Waals surface area contributed by atoms with E-state index in [0.29, 0.717) is 0 Å². The van der Waals surface area contributed by atoms with Crippen LogP contribution in [0, 0.1) is 12.3 Å². The molecule has 10 atom stereocenters. The van der Waals surface area contributed by atoms with Gasteiger partial charge in [-0.2, -0.15) is 18.9 Å². The molecule has 2 bridgehead atoms. The van der Waals surface area contributed by atoms with Gasteiger partial charge in [-0.1, -0.05) is 5.92 Å². The van der Waals surface area contributed by atoms with E-state index in [0.717, 1.165) is 7.11 Å². The van der Waals surface area contributed by atoms with Crippen molar-refractivity contribution in [3.05, 3.63) is 29.3 Å². The van der Waals surface area contributed by atoms with E-state index < -0.39 is 83.8 Å². The molecule has 0 amide bonds. The van der Waals surface area contributed by atoms with Gasteiger partial charge < -0.3 is 35.7 Å². The monoisotopic (exact) mass is 727 g/mol. The molecular weight excluding hydrogens is 698 g/mol. The SMILES string of the molecule is C#CCOC1C2OP(=O)(O)OCC3OC(n4cnc5c(=O)[nH]c(N)nc54)C(O[P+](O)(OC)OCC2OC1n1cnc2c(N)ncnc21)C3O. The Morgan fingerprint density at radius 2 is 1.84 bits per heavy atom. The highest BCUT2D eigenvalue weighted by atomic mass is 31.2. The van der Waals surface area contributed by atoms with Crippen LogP contribution >= 0.6 is 16.0 Å². The van der Waals surface area contributed by atoms with Crippen molar-refractivity contribution >= 4 is 50.1 Å². The first-order valence-electron chi connectivity index (χ1n) is 14.3. The number of imidazole rings is 2. The van der Waals surface area contributed by atoms with E-state index in [-0.39, 0.29) is 40.7 Å². The molecule has 0 radical (unpaired) electrons. The number of nitrogen functional groups attached to an aromatic ring is 2. The zero-order valence-electron chi connectivity index (χ0n) is 25.2. The third-order valence-corrected chi connectivity index (χ3v) is 10.3. The lowest BCUT2D eigenvalue weighted by molar-refractivity contribution is -0.0740. The van der Waals surface area contributed by atoms with E-state index in [2.05, 4.69) is 35.8 Å². The number of aliphatic hydroxyl groups excluding tert-OH is 1. The Morgan fingerprint density at radius 3 is 2.59 bits per heavy atom. The smallest absolute Gasteiger partial charge is 0.387 e. The number of phosphoric ester groups is 1. The number of ether oxygens (including phenoxy) is 3. The highest BCUT2D eigenvalue weighted by molar-refractivity contribution is 7.55. The summed E-state index contributed by atoms with van der Waals surface area (Å²) < 4.78 is 61.9. The first-order valence-corrected chi connectivity index (χ1v) is 17.3. The Bertz CT molecular complexity index is 2020. The summed E-state index contributed by atoms with van der Waals surface area (Å²) in [5.41, 5.74) is 11.3. The average Bonchev–Trinajstić information content (AvgIpc) is 3.83. The first kappa shape index (κ1) is 33.8. The zero-order chi connectivity index (χ0) is 34.7.